The summed E-state index contributed by atoms with van der Waals surface area (Å²) in [6.45, 7) is 1.19. The van der Waals surface area contributed by atoms with Crippen molar-refractivity contribution >= 4 is 52.1 Å². The van der Waals surface area contributed by atoms with Crippen LogP contribution in [0.1, 0.15) is 25.7 Å². The molecule has 1 saturated carbocycles. The smallest absolute Gasteiger partial charge is 0.250 e. The molecule has 0 atom stereocenters. The molecule has 1 fully saturated rings. The molecule has 0 spiro atoms. The average molecular weight is 403 g/mol. The Morgan fingerprint density at radius 2 is 1.83 bits per heavy atom. The normalized spacial score (nSPS) is 20.9. The topological polar surface area (TPSA) is 111 Å². The molecule has 0 unspecified atom stereocenters. The SMILES string of the molecule is Cl.Cl.NC(N)=NCC1CCC(CNS(=O)(=O)c2cccs2)CC1. The number of halogens is 2. The van der Waals surface area contributed by atoms with Crippen LogP contribution in [0, 0.1) is 11.8 Å². The molecule has 1 aliphatic rings. The molecular formula is C13H24Cl2N4O2S2. The van der Waals surface area contributed by atoms with Gasteiger partial charge in [-0.25, -0.2) is 13.1 Å². The summed E-state index contributed by atoms with van der Waals surface area (Å²) < 4.78 is 27.2. The molecule has 134 valence electrons. The Kier molecular flexibility index (Phi) is 10.1. The molecular weight excluding hydrogens is 379 g/mol. The first kappa shape index (κ1) is 22.5. The quantitative estimate of drug-likeness (QED) is 0.498. The van der Waals surface area contributed by atoms with Crippen LogP contribution in [0.4, 0.5) is 0 Å². The molecule has 0 aromatic carbocycles. The van der Waals surface area contributed by atoms with E-state index in [1.165, 1.54) is 11.3 Å². The van der Waals surface area contributed by atoms with Gasteiger partial charge in [0.1, 0.15) is 4.21 Å². The fraction of sp³-hybridized carbons (Fsp3) is 0.615. The van der Waals surface area contributed by atoms with E-state index in [1.54, 1.807) is 17.5 Å². The first-order valence-electron chi connectivity index (χ1n) is 7.06. The highest BCUT2D eigenvalue weighted by atomic mass is 35.5. The molecule has 0 aliphatic heterocycles. The van der Waals surface area contributed by atoms with Crippen LogP contribution in [0.5, 0.6) is 0 Å². The Balaban J connectivity index is 0.00000242. The lowest BCUT2D eigenvalue weighted by Crippen LogP contribution is -2.31. The zero-order valence-electron chi connectivity index (χ0n) is 12.7. The number of nitrogens with two attached hydrogens (primary N) is 2. The maximum atomic E-state index is 12.0. The van der Waals surface area contributed by atoms with E-state index in [4.69, 9.17) is 11.5 Å². The Bertz CT molecular complexity index is 567. The monoisotopic (exact) mass is 402 g/mol. The van der Waals surface area contributed by atoms with Crippen molar-refractivity contribution in [2.24, 2.45) is 28.3 Å². The third-order valence-corrected chi connectivity index (χ3v) is 6.64. The third-order valence-electron chi connectivity index (χ3n) is 3.82. The fourth-order valence-electron chi connectivity index (χ4n) is 2.57. The van der Waals surface area contributed by atoms with E-state index in [0.717, 1.165) is 25.7 Å². The number of rotatable bonds is 6. The molecule has 6 nitrogen and oxygen atoms in total. The molecule has 23 heavy (non-hydrogen) atoms. The molecule has 0 amide bonds. The lowest BCUT2D eigenvalue weighted by Gasteiger charge is -2.27. The third kappa shape index (κ3) is 7.26. The average Bonchev–Trinajstić information content (AvgIpc) is 2.99. The van der Waals surface area contributed by atoms with E-state index in [9.17, 15) is 8.42 Å². The summed E-state index contributed by atoms with van der Waals surface area (Å²) >= 11 is 1.24. The second-order valence-corrected chi connectivity index (χ2v) is 8.38. The second kappa shape index (κ2) is 10.4. The number of nitrogens with one attached hydrogen (secondary N) is 1. The van der Waals surface area contributed by atoms with Crippen LogP contribution < -0.4 is 16.2 Å². The molecule has 1 heterocycles. The fourth-order valence-corrected chi connectivity index (χ4v) is 4.72. The molecule has 10 heteroatoms. The predicted molar refractivity (Wildman–Crippen MR) is 100 cm³/mol. The van der Waals surface area contributed by atoms with E-state index in [0.29, 0.717) is 29.1 Å². The van der Waals surface area contributed by atoms with Crippen LogP contribution in [0.2, 0.25) is 0 Å². The molecule has 0 radical (unpaired) electrons. The van der Waals surface area contributed by atoms with Gasteiger partial charge in [-0.05, 0) is 49.0 Å². The van der Waals surface area contributed by atoms with Crippen LogP contribution >= 0.6 is 36.2 Å². The number of hydrogen-bond acceptors (Lipinski definition) is 4. The van der Waals surface area contributed by atoms with E-state index in [-0.39, 0.29) is 30.8 Å². The van der Waals surface area contributed by atoms with E-state index < -0.39 is 10.0 Å². The van der Waals surface area contributed by atoms with Crippen LogP contribution in [0.3, 0.4) is 0 Å². The maximum Gasteiger partial charge on any atom is 0.250 e. The van der Waals surface area contributed by atoms with E-state index in [1.807, 2.05) is 0 Å². The van der Waals surface area contributed by atoms with Gasteiger partial charge in [0.2, 0.25) is 10.0 Å². The maximum absolute atomic E-state index is 12.0. The minimum absolute atomic E-state index is 0. The Morgan fingerprint density at radius 1 is 1.22 bits per heavy atom. The highest BCUT2D eigenvalue weighted by molar-refractivity contribution is 7.91. The first-order chi connectivity index (χ1) is 9.97. The number of guanidine groups is 1. The summed E-state index contributed by atoms with van der Waals surface area (Å²) in [6.07, 6.45) is 4.11. The van der Waals surface area contributed by atoms with E-state index in [2.05, 4.69) is 9.71 Å². The summed E-state index contributed by atoms with van der Waals surface area (Å²) in [6, 6.07) is 3.37. The first-order valence-corrected chi connectivity index (χ1v) is 9.42. The van der Waals surface area contributed by atoms with Crippen molar-refractivity contribution in [1.82, 2.24) is 4.72 Å². The van der Waals surface area contributed by atoms with Gasteiger partial charge in [0.05, 0.1) is 0 Å². The molecule has 1 aromatic heterocycles. The zero-order chi connectivity index (χ0) is 15.3. The number of aliphatic imine (C=N–C) groups is 1. The molecule has 2 rings (SSSR count). The van der Waals surface area contributed by atoms with Crippen molar-refractivity contribution in [1.29, 1.82) is 0 Å². The number of nitrogens with zero attached hydrogens (tertiary/aromatic N) is 1. The highest BCUT2D eigenvalue weighted by Crippen LogP contribution is 2.29. The predicted octanol–water partition coefficient (Wildman–Crippen LogP) is 1.95. The van der Waals surface area contributed by atoms with Crippen molar-refractivity contribution < 1.29 is 8.42 Å². The lowest BCUT2D eigenvalue weighted by molar-refractivity contribution is 0.280. The molecule has 0 saturated heterocycles. The highest BCUT2D eigenvalue weighted by Gasteiger charge is 2.23. The van der Waals surface area contributed by atoms with Gasteiger partial charge >= 0.3 is 0 Å². The molecule has 1 aromatic rings. The number of sulfonamides is 1. The Hall–Kier alpha value is -0.540. The minimum atomic E-state index is -3.34. The van der Waals surface area contributed by atoms with Crippen molar-refractivity contribution in [3.8, 4) is 0 Å². The Labute approximate surface area is 154 Å². The van der Waals surface area contributed by atoms with Crippen LogP contribution in [0.25, 0.3) is 0 Å². The van der Waals surface area contributed by atoms with Gasteiger partial charge in [-0.15, -0.1) is 36.2 Å². The number of hydrogen-bond donors (Lipinski definition) is 3. The van der Waals surface area contributed by atoms with Gasteiger partial charge in [0, 0.05) is 13.1 Å². The minimum Gasteiger partial charge on any atom is -0.370 e. The summed E-state index contributed by atoms with van der Waals surface area (Å²) in [4.78, 5) is 4.05. The molecule has 5 N–H and O–H groups in total. The van der Waals surface area contributed by atoms with Crippen molar-refractivity contribution in [3.05, 3.63) is 17.5 Å². The summed E-state index contributed by atoms with van der Waals surface area (Å²) in [5.74, 6) is 1.05. The summed E-state index contributed by atoms with van der Waals surface area (Å²) in [5, 5.41) is 1.77. The largest absolute Gasteiger partial charge is 0.370 e. The standard InChI is InChI=1S/C13H22N4O2S2.2ClH/c14-13(15)16-8-10-3-5-11(6-4-10)9-17-21(18,19)12-2-1-7-20-12;;/h1-2,7,10-11,17H,3-6,8-9H2,(H4,14,15,16);2*1H. The van der Waals surface area contributed by atoms with Crippen molar-refractivity contribution in [3.63, 3.8) is 0 Å². The van der Waals surface area contributed by atoms with Crippen LogP contribution in [0.15, 0.2) is 26.7 Å². The van der Waals surface area contributed by atoms with Gasteiger partial charge < -0.3 is 11.5 Å². The number of thiophene rings is 1. The molecule has 1 aliphatic carbocycles. The zero-order valence-corrected chi connectivity index (χ0v) is 15.9. The van der Waals surface area contributed by atoms with E-state index >= 15 is 0 Å². The summed E-state index contributed by atoms with van der Waals surface area (Å²) in [7, 11) is -3.34. The van der Waals surface area contributed by atoms with Gasteiger partial charge in [-0.2, -0.15) is 0 Å². The van der Waals surface area contributed by atoms with Crippen molar-refractivity contribution in [2.45, 2.75) is 29.9 Å². The van der Waals surface area contributed by atoms with Gasteiger partial charge in [-0.1, -0.05) is 6.07 Å². The van der Waals surface area contributed by atoms with Crippen LogP contribution in [-0.4, -0.2) is 27.5 Å². The summed E-state index contributed by atoms with van der Waals surface area (Å²) in [5.41, 5.74) is 10.7. The van der Waals surface area contributed by atoms with Crippen molar-refractivity contribution in [2.75, 3.05) is 13.1 Å². The van der Waals surface area contributed by atoms with Gasteiger partial charge in [-0.3, -0.25) is 4.99 Å². The Morgan fingerprint density at radius 3 is 2.35 bits per heavy atom. The second-order valence-electron chi connectivity index (χ2n) is 5.44. The molecule has 0 bridgehead atoms. The van der Waals surface area contributed by atoms with Gasteiger partial charge in [0.15, 0.2) is 5.96 Å². The van der Waals surface area contributed by atoms with Crippen LogP contribution in [-0.2, 0) is 10.0 Å². The van der Waals surface area contributed by atoms with Gasteiger partial charge in [0.25, 0.3) is 0 Å². The lowest BCUT2D eigenvalue weighted by atomic mass is 9.82.